The Labute approximate surface area is 250 Å². The molecule has 0 saturated carbocycles. The number of hydrogen-bond acceptors (Lipinski definition) is 4. The molecule has 40 heavy (non-hydrogen) atoms. The number of esters is 2. The molecule has 0 fully saturated rings. The quantitative estimate of drug-likeness (QED) is 0.0600. The summed E-state index contributed by atoms with van der Waals surface area (Å²) in [6, 6.07) is 0. The molecule has 0 spiro atoms. The Kier molecular flexibility index (Phi) is 31.6. The van der Waals surface area contributed by atoms with Gasteiger partial charge in [-0.15, -0.1) is 0 Å². The summed E-state index contributed by atoms with van der Waals surface area (Å²) in [4.78, 5) is 24.3. The number of unbranched alkanes of at least 4 members (excludes halogenated alkanes) is 24. The van der Waals surface area contributed by atoms with E-state index in [1.807, 2.05) is 6.92 Å². The minimum absolute atomic E-state index is 0.150. The van der Waals surface area contributed by atoms with Crippen molar-refractivity contribution < 1.29 is 19.1 Å². The van der Waals surface area contributed by atoms with Crippen molar-refractivity contribution in [2.45, 2.75) is 213 Å². The van der Waals surface area contributed by atoms with Gasteiger partial charge in [0, 0.05) is 12.8 Å². The summed E-state index contributed by atoms with van der Waals surface area (Å²) in [5.41, 5.74) is 0. The highest BCUT2D eigenvalue weighted by Gasteiger charge is 2.15. The summed E-state index contributed by atoms with van der Waals surface area (Å²) in [5, 5.41) is 0. The maximum absolute atomic E-state index is 12.2. The van der Waals surface area contributed by atoms with Crippen molar-refractivity contribution in [3.05, 3.63) is 0 Å². The predicted molar refractivity (Wildman–Crippen MR) is 172 cm³/mol. The van der Waals surface area contributed by atoms with E-state index in [-0.39, 0.29) is 24.6 Å². The van der Waals surface area contributed by atoms with Crippen molar-refractivity contribution in [1.82, 2.24) is 0 Å². The fraction of sp³-hybridized carbons (Fsp3) is 0.944. The van der Waals surface area contributed by atoms with E-state index < -0.39 is 0 Å². The first-order chi connectivity index (χ1) is 19.6. The van der Waals surface area contributed by atoms with Crippen LogP contribution in [0.1, 0.15) is 207 Å². The zero-order valence-corrected chi connectivity index (χ0v) is 27.4. The molecule has 0 saturated heterocycles. The van der Waals surface area contributed by atoms with Gasteiger partial charge >= 0.3 is 11.9 Å². The highest BCUT2D eigenvalue weighted by molar-refractivity contribution is 5.70. The number of ether oxygens (including phenoxy) is 2. The molecule has 0 aromatic rings. The van der Waals surface area contributed by atoms with Crippen LogP contribution in [-0.4, -0.2) is 24.6 Å². The molecule has 4 nitrogen and oxygen atoms in total. The van der Waals surface area contributed by atoms with Crippen LogP contribution in [0.3, 0.4) is 0 Å². The Balaban J connectivity index is 3.53. The van der Waals surface area contributed by atoms with E-state index in [2.05, 4.69) is 13.8 Å². The normalized spacial score (nSPS) is 12.0. The maximum atomic E-state index is 12.2. The van der Waals surface area contributed by atoms with E-state index in [1.54, 1.807) is 0 Å². The monoisotopic (exact) mass is 567 g/mol. The molecule has 0 amide bonds. The standard InChI is InChI=1S/C36H70O4/c1-4-7-9-11-13-15-17-19-21-23-25-27-29-31-35(37)39-33-34(6-3)40-36(38)32-30-28-26-24-22-20-18-16-14-12-10-8-5-2/h34H,4-33H2,1-3H3. The summed E-state index contributed by atoms with van der Waals surface area (Å²) < 4.78 is 11.0. The van der Waals surface area contributed by atoms with Crippen molar-refractivity contribution in [2.24, 2.45) is 0 Å². The topological polar surface area (TPSA) is 52.6 Å². The highest BCUT2D eigenvalue weighted by Crippen LogP contribution is 2.15. The van der Waals surface area contributed by atoms with E-state index in [4.69, 9.17) is 9.47 Å². The first-order valence-electron chi connectivity index (χ1n) is 18.0. The molecule has 0 heterocycles. The molecule has 0 N–H and O–H groups in total. The second-order valence-electron chi connectivity index (χ2n) is 12.2. The summed E-state index contributed by atoms with van der Waals surface area (Å²) in [6.07, 6.45) is 35.0. The van der Waals surface area contributed by atoms with Crippen LogP contribution in [0.5, 0.6) is 0 Å². The van der Waals surface area contributed by atoms with Gasteiger partial charge in [0.1, 0.15) is 12.7 Å². The lowest BCUT2D eigenvalue weighted by Crippen LogP contribution is -2.24. The molecular formula is C36H70O4. The van der Waals surface area contributed by atoms with Crippen LogP contribution in [0.4, 0.5) is 0 Å². The van der Waals surface area contributed by atoms with Crippen molar-refractivity contribution in [1.29, 1.82) is 0 Å². The third kappa shape index (κ3) is 29.9. The minimum atomic E-state index is -0.315. The lowest BCUT2D eigenvalue weighted by molar-refractivity contribution is -0.159. The van der Waals surface area contributed by atoms with Gasteiger partial charge < -0.3 is 9.47 Å². The molecular weight excluding hydrogens is 496 g/mol. The van der Waals surface area contributed by atoms with Crippen molar-refractivity contribution >= 4 is 11.9 Å². The number of rotatable bonds is 32. The third-order valence-electron chi connectivity index (χ3n) is 8.15. The molecule has 0 aliphatic carbocycles. The van der Waals surface area contributed by atoms with E-state index in [0.29, 0.717) is 19.3 Å². The molecule has 0 aliphatic heterocycles. The molecule has 1 atom stereocenters. The van der Waals surface area contributed by atoms with E-state index in [9.17, 15) is 9.59 Å². The molecule has 238 valence electrons. The fourth-order valence-corrected chi connectivity index (χ4v) is 5.31. The summed E-state index contributed by atoms with van der Waals surface area (Å²) >= 11 is 0. The van der Waals surface area contributed by atoms with Crippen LogP contribution < -0.4 is 0 Å². The van der Waals surface area contributed by atoms with Crippen LogP contribution in [-0.2, 0) is 19.1 Å². The number of carbonyl (C=O) groups excluding carboxylic acids is 2. The Morgan fingerprint density at radius 1 is 0.425 bits per heavy atom. The molecule has 0 aliphatic rings. The van der Waals surface area contributed by atoms with Gasteiger partial charge in [-0.25, -0.2) is 0 Å². The third-order valence-corrected chi connectivity index (χ3v) is 8.15. The van der Waals surface area contributed by atoms with E-state index in [0.717, 1.165) is 25.7 Å². The van der Waals surface area contributed by atoms with Gasteiger partial charge in [0.05, 0.1) is 0 Å². The molecule has 1 unspecified atom stereocenters. The smallest absolute Gasteiger partial charge is 0.306 e. The summed E-state index contributed by atoms with van der Waals surface area (Å²) in [7, 11) is 0. The Morgan fingerprint density at radius 2 is 0.725 bits per heavy atom. The van der Waals surface area contributed by atoms with Gasteiger partial charge in [-0.1, -0.05) is 175 Å². The molecule has 0 aromatic heterocycles. The number of carbonyl (C=O) groups is 2. The van der Waals surface area contributed by atoms with E-state index >= 15 is 0 Å². The first-order valence-corrected chi connectivity index (χ1v) is 18.0. The molecule has 0 radical (unpaired) electrons. The SMILES string of the molecule is CCCCCCCCCCCCCCCC(=O)OCC(CC)OC(=O)CCCCCCCCCCCCCCC. The van der Waals surface area contributed by atoms with Crippen LogP contribution in [0, 0.1) is 0 Å². The van der Waals surface area contributed by atoms with Crippen molar-refractivity contribution in [3.8, 4) is 0 Å². The Hall–Kier alpha value is -1.06. The lowest BCUT2D eigenvalue weighted by atomic mass is 10.0. The molecule has 0 aromatic carbocycles. The van der Waals surface area contributed by atoms with Gasteiger partial charge in [-0.2, -0.15) is 0 Å². The van der Waals surface area contributed by atoms with Gasteiger partial charge in [-0.05, 0) is 19.3 Å². The largest absolute Gasteiger partial charge is 0.462 e. The number of hydrogen-bond donors (Lipinski definition) is 0. The Bertz CT molecular complexity index is 533. The average Bonchev–Trinajstić information content (AvgIpc) is 2.96. The van der Waals surface area contributed by atoms with Crippen LogP contribution >= 0.6 is 0 Å². The average molecular weight is 567 g/mol. The van der Waals surface area contributed by atoms with Gasteiger partial charge in [-0.3, -0.25) is 9.59 Å². The first kappa shape index (κ1) is 38.9. The van der Waals surface area contributed by atoms with Gasteiger partial charge in [0.15, 0.2) is 0 Å². The predicted octanol–water partition coefficient (Wildman–Crippen LogP) is 11.8. The molecule has 0 rings (SSSR count). The van der Waals surface area contributed by atoms with Crippen molar-refractivity contribution in [2.75, 3.05) is 6.61 Å². The van der Waals surface area contributed by atoms with Gasteiger partial charge in [0.25, 0.3) is 0 Å². The van der Waals surface area contributed by atoms with E-state index in [1.165, 1.54) is 141 Å². The van der Waals surface area contributed by atoms with Crippen LogP contribution in [0.2, 0.25) is 0 Å². The van der Waals surface area contributed by atoms with Gasteiger partial charge in [0.2, 0.25) is 0 Å². The minimum Gasteiger partial charge on any atom is -0.462 e. The molecule has 0 bridgehead atoms. The second kappa shape index (κ2) is 32.5. The van der Waals surface area contributed by atoms with Crippen molar-refractivity contribution in [3.63, 3.8) is 0 Å². The fourth-order valence-electron chi connectivity index (χ4n) is 5.31. The zero-order chi connectivity index (χ0) is 29.4. The highest BCUT2D eigenvalue weighted by atomic mass is 16.6. The summed E-state index contributed by atoms with van der Waals surface area (Å²) in [5.74, 6) is -0.309. The lowest BCUT2D eigenvalue weighted by Gasteiger charge is -2.16. The summed E-state index contributed by atoms with van der Waals surface area (Å²) in [6.45, 7) is 6.71. The van der Waals surface area contributed by atoms with Crippen LogP contribution in [0.25, 0.3) is 0 Å². The second-order valence-corrected chi connectivity index (χ2v) is 12.2. The molecule has 4 heteroatoms. The zero-order valence-electron chi connectivity index (χ0n) is 27.4. The Morgan fingerprint density at radius 3 is 1.05 bits per heavy atom. The van der Waals surface area contributed by atoms with Crippen LogP contribution in [0.15, 0.2) is 0 Å². The maximum Gasteiger partial charge on any atom is 0.306 e.